The molecule has 26 heavy (non-hydrogen) atoms. The lowest BCUT2D eigenvalue weighted by molar-refractivity contribution is -0.742. The number of hydrogen-bond acceptors (Lipinski definition) is 4. The molecule has 0 amide bonds. The maximum Gasteiger partial charge on any atom is 0.291 e. The summed E-state index contributed by atoms with van der Waals surface area (Å²) in [6.45, 7) is 0. The molecule has 2 aromatic rings. The van der Waals surface area contributed by atoms with Crippen LogP contribution in [0.2, 0.25) is 0 Å². The van der Waals surface area contributed by atoms with Crippen LogP contribution in [0.4, 0.5) is 0 Å². The molecule has 2 rings (SSSR count). The topological polar surface area (TPSA) is 140 Å². The third kappa shape index (κ3) is 9.95. The third-order valence-electron chi connectivity index (χ3n) is 2.77. The first-order valence-electron chi connectivity index (χ1n) is 7.43. The molecule has 0 atom stereocenters. The van der Waals surface area contributed by atoms with Gasteiger partial charge in [0.1, 0.15) is 0 Å². The summed E-state index contributed by atoms with van der Waals surface area (Å²) in [5.74, 6) is -0.0706. The van der Waals surface area contributed by atoms with Crippen LogP contribution in [0.1, 0.15) is 11.1 Å². The SMILES string of the molecule is NC(N)=NN=C(/C=C\c1ccccc1)/C=C/c1ccccc1.O=[N+]([O-])O. The van der Waals surface area contributed by atoms with Crippen LogP contribution >= 0.6 is 0 Å². The van der Waals surface area contributed by atoms with Crippen molar-refractivity contribution in [1.29, 1.82) is 0 Å². The van der Waals surface area contributed by atoms with Gasteiger partial charge in [-0.05, 0) is 23.3 Å². The molecule has 134 valence electrons. The first-order chi connectivity index (χ1) is 12.5. The van der Waals surface area contributed by atoms with E-state index in [0.717, 1.165) is 11.1 Å². The van der Waals surface area contributed by atoms with Gasteiger partial charge in [-0.15, -0.1) is 20.3 Å². The highest BCUT2D eigenvalue weighted by Crippen LogP contribution is 2.04. The Hall–Kier alpha value is -3.94. The van der Waals surface area contributed by atoms with Crippen molar-refractivity contribution in [2.75, 3.05) is 0 Å². The van der Waals surface area contributed by atoms with Crippen LogP contribution in [-0.4, -0.2) is 22.0 Å². The van der Waals surface area contributed by atoms with E-state index in [4.69, 9.17) is 26.8 Å². The van der Waals surface area contributed by atoms with Gasteiger partial charge in [-0.1, -0.05) is 72.8 Å². The summed E-state index contributed by atoms with van der Waals surface area (Å²) >= 11 is 0. The van der Waals surface area contributed by atoms with Crippen molar-refractivity contribution in [3.8, 4) is 0 Å². The van der Waals surface area contributed by atoms with Crippen molar-refractivity contribution in [2.24, 2.45) is 21.7 Å². The molecule has 5 N–H and O–H groups in total. The van der Waals surface area contributed by atoms with Crippen LogP contribution in [-0.2, 0) is 0 Å². The second-order valence-corrected chi connectivity index (χ2v) is 4.78. The highest BCUT2D eigenvalue weighted by Gasteiger charge is 1.91. The molecule has 0 heterocycles. The minimum Gasteiger partial charge on any atom is -0.369 e. The van der Waals surface area contributed by atoms with Gasteiger partial charge in [0.25, 0.3) is 5.09 Å². The van der Waals surface area contributed by atoms with Gasteiger partial charge in [0.15, 0.2) is 0 Å². The van der Waals surface area contributed by atoms with Crippen LogP contribution in [0.15, 0.2) is 83.0 Å². The van der Waals surface area contributed by atoms with Crippen LogP contribution in [0.5, 0.6) is 0 Å². The average molecular weight is 353 g/mol. The molecular weight excluding hydrogens is 334 g/mol. The molecule has 8 nitrogen and oxygen atoms in total. The predicted molar refractivity (Wildman–Crippen MR) is 103 cm³/mol. The van der Waals surface area contributed by atoms with Gasteiger partial charge in [-0.3, -0.25) is 0 Å². The summed E-state index contributed by atoms with van der Waals surface area (Å²) in [6, 6.07) is 19.9. The maximum absolute atomic E-state index is 8.36. The number of benzene rings is 2. The molecule has 0 unspecified atom stereocenters. The Morgan fingerprint density at radius 2 is 1.27 bits per heavy atom. The van der Waals surface area contributed by atoms with Crippen molar-refractivity contribution in [1.82, 2.24) is 0 Å². The van der Waals surface area contributed by atoms with E-state index in [-0.39, 0.29) is 5.96 Å². The fraction of sp³-hybridized carbons (Fsp3) is 0. The van der Waals surface area contributed by atoms with E-state index in [1.54, 1.807) is 0 Å². The lowest BCUT2D eigenvalue weighted by atomic mass is 10.1. The van der Waals surface area contributed by atoms with E-state index in [9.17, 15) is 0 Å². The molecule has 0 bridgehead atoms. The van der Waals surface area contributed by atoms with Gasteiger partial charge in [-0.25, -0.2) is 0 Å². The molecule has 0 saturated carbocycles. The van der Waals surface area contributed by atoms with Crippen molar-refractivity contribution in [3.63, 3.8) is 0 Å². The van der Waals surface area contributed by atoms with Gasteiger partial charge in [0.2, 0.25) is 5.96 Å². The Morgan fingerprint density at radius 1 is 0.885 bits per heavy atom. The number of hydrogen-bond donors (Lipinski definition) is 3. The molecule has 2 aromatic carbocycles. The molecule has 0 aromatic heterocycles. The zero-order valence-electron chi connectivity index (χ0n) is 13.8. The number of nitrogens with two attached hydrogens (primary N) is 2. The number of allylic oxidation sites excluding steroid dienone is 2. The van der Waals surface area contributed by atoms with Crippen molar-refractivity contribution >= 4 is 23.8 Å². The number of nitrogens with zero attached hydrogens (tertiary/aromatic N) is 3. The van der Waals surface area contributed by atoms with E-state index in [1.165, 1.54) is 0 Å². The summed E-state index contributed by atoms with van der Waals surface area (Å²) in [6.07, 6.45) is 7.63. The molecule has 0 saturated heterocycles. The summed E-state index contributed by atoms with van der Waals surface area (Å²) in [5, 5.41) is 21.4. The third-order valence-corrected chi connectivity index (χ3v) is 2.77. The number of rotatable bonds is 5. The standard InChI is InChI=1S/C18H18N4.HNO3/c19-18(20)22-21-17(13-11-15-7-3-1-4-8-15)14-12-16-9-5-2-6-10-16;2-1(3)4/h1-14H,(H4,19,20,22);(H,2,3,4)/b13-11-,14-12+,21-17?;. The van der Waals surface area contributed by atoms with E-state index < -0.39 is 5.09 Å². The molecule has 0 aliphatic rings. The van der Waals surface area contributed by atoms with Gasteiger partial charge >= 0.3 is 0 Å². The van der Waals surface area contributed by atoms with Crippen LogP contribution < -0.4 is 11.5 Å². The van der Waals surface area contributed by atoms with Crippen molar-refractivity contribution < 1.29 is 10.3 Å². The Morgan fingerprint density at radius 3 is 1.62 bits per heavy atom. The lowest BCUT2D eigenvalue weighted by Crippen LogP contribution is -2.22. The predicted octanol–water partition coefficient (Wildman–Crippen LogP) is 2.69. The monoisotopic (exact) mass is 353 g/mol. The van der Waals surface area contributed by atoms with Gasteiger partial charge in [0.05, 0.1) is 5.71 Å². The largest absolute Gasteiger partial charge is 0.369 e. The Labute approximate surface area is 150 Å². The first-order valence-corrected chi connectivity index (χ1v) is 7.43. The van der Waals surface area contributed by atoms with Crippen molar-refractivity contribution in [3.05, 3.63) is 94.1 Å². The molecule has 0 aliphatic heterocycles. The summed E-state index contributed by atoms with van der Waals surface area (Å²) in [5.41, 5.74) is 13.5. The van der Waals surface area contributed by atoms with Crippen LogP contribution in [0.3, 0.4) is 0 Å². The Kier molecular flexibility index (Phi) is 8.95. The highest BCUT2D eigenvalue weighted by molar-refractivity contribution is 6.08. The molecule has 8 heteroatoms. The summed E-state index contributed by atoms with van der Waals surface area (Å²) < 4.78 is 0. The van der Waals surface area contributed by atoms with E-state index >= 15 is 0 Å². The van der Waals surface area contributed by atoms with Crippen molar-refractivity contribution in [2.45, 2.75) is 0 Å². The quantitative estimate of drug-likeness (QED) is 0.328. The summed E-state index contributed by atoms with van der Waals surface area (Å²) in [7, 11) is 0. The summed E-state index contributed by atoms with van der Waals surface area (Å²) in [4.78, 5) is 8.36. The van der Waals surface area contributed by atoms with Gasteiger partial charge in [0, 0.05) is 0 Å². The Bertz CT molecular complexity index is 741. The molecular formula is C18H19N5O3. The average Bonchev–Trinajstić information content (AvgIpc) is 2.62. The minimum absolute atomic E-state index is 0.0706. The molecule has 0 aliphatic carbocycles. The van der Waals surface area contributed by atoms with Crippen LogP contribution in [0, 0.1) is 10.1 Å². The molecule has 0 spiro atoms. The van der Waals surface area contributed by atoms with E-state index in [2.05, 4.69) is 10.2 Å². The fourth-order valence-corrected chi connectivity index (χ4v) is 1.73. The zero-order chi connectivity index (χ0) is 19.2. The van der Waals surface area contributed by atoms with Gasteiger partial charge < -0.3 is 16.7 Å². The van der Waals surface area contributed by atoms with Gasteiger partial charge in [-0.2, -0.15) is 0 Å². The van der Waals surface area contributed by atoms with E-state index in [0.29, 0.717) is 5.71 Å². The maximum atomic E-state index is 8.36. The molecule has 0 radical (unpaired) electrons. The van der Waals surface area contributed by atoms with E-state index in [1.807, 2.05) is 85.0 Å². The number of guanidine groups is 1. The van der Waals surface area contributed by atoms with Crippen LogP contribution in [0.25, 0.3) is 12.2 Å². The second kappa shape index (κ2) is 11.6. The normalized spacial score (nSPS) is 11.0. The highest BCUT2D eigenvalue weighted by atomic mass is 16.9. The molecule has 0 fully saturated rings. The Balaban J connectivity index is 0.000000765. The minimum atomic E-state index is -1.50. The zero-order valence-corrected chi connectivity index (χ0v) is 13.8. The lowest BCUT2D eigenvalue weighted by Gasteiger charge is -1.95. The second-order valence-electron chi connectivity index (χ2n) is 4.78. The first kappa shape index (κ1) is 20.1. The fourth-order valence-electron chi connectivity index (χ4n) is 1.73. The smallest absolute Gasteiger partial charge is 0.291 e.